The number of rotatable bonds is 5. The Hall–Kier alpha value is -1.84. The first-order valence-electron chi connectivity index (χ1n) is 5.82. The highest BCUT2D eigenvalue weighted by Gasteiger charge is 2.13. The van der Waals surface area contributed by atoms with E-state index in [-0.39, 0.29) is 0 Å². The lowest BCUT2D eigenvalue weighted by molar-refractivity contribution is -0.134. The molecule has 0 unspecified atom stereocenters. The quantitative estimate of drug-likeness (QED) is 0.818. The first-order valence-corrected chi connectivity index (χ1v) is 5.82. The molecule has 0 aliphatic rings. The molecular weight excluding hydrogens is 233 g/mol. The molecule has 1 aromatic carbocycles. The number of hydrogen-bond donors (Lipinski definition) is 1. The van der Waals surface area contributed by atoms with Crippen LogP contribution in [-0.4, -0.2) is 25.2 Å². The largest absolute Gasteiger partial charge is 0.476 e. The highest BCUT2D eigenvalue weighted by molar-refractivity contribution is 5.85. The number of allylic oxidation sites excluding steroid dienone is 1. The van der Waals surface area contributed by atoms with E-state index in [1.54, 1.807) is 6.92 Å². The van der Waals surface area contributed by atoms with Gasteiger partial charge < -0.3 is 10.0 Å². The third-order valence-electron chi connectivity index (χ3n) is 2.77. The van der Waals surface area contributed by atoms with Gasteiger partial charge >= 0.3 is 5.97 Å². The Morgan fingerprint density at radius 1 is 1.39 bits per heavy atom. The molecule has 1 aromatic rings. The molecule has 98 valence electrons. The second kappa shape index (κ2) is 6.19. The van der Waals surface area contributed by atoms with Crippen LogP contribution in [0, 0.1) is 0 Å². The van der Waals surface area contributed by atoms with Crippen molar-refractivity contribution in [1.82, 2.24) is 0 Å². The van der Waals surface area contributed by atoms with Crippen LogP contribution in [-0.2, 0) is 11.2 Å². The van der Waals surface area contributed by atoms with Gasteiger partial charge in [-0.2, -0.15) is 4.39 Å². The van der Waals surface area contributed by atoms with Gasteiger partial charge in [0, 0.05) is 19.8 Å². The number of carbonyl (C=O) groups is 1. The second-order valence-electron chi connectivity index (χ2n) is 4.32. The zero-order valence-electron chi connectivity index (χ0n) is 10.9. The van der Waals surface area contributed by atoms with Crippen LogP contribution in [0.5, 0.6) is 0 Å². The third kappa shape index (κ3) is 3.58. The second-order valence-corrected chi connectivity index (χ2v) is 4.32. The summed E-state index contributed by atoms with van der Waals surface area (Å²) in [5.41, 5.74) is 2.24. The molecule has 0 radical (unpaired) electrons. The zero-order valence-corrected chi connectivity index (χ0v) is 10.9. The van der Waals surface area contributed by atoms with Gasteiger partial charge in [0.1, 0.15) is 0 Å². The molecule has 0 atom stereocenters. The fourth-order valence-corrected chi connectivity index (χ4v) is 1.70. The molecule has 0 fully saturated rings. The highest BCUT2D eigenvalue weighted by atomic mass is 19.1. The predicted octanol–water partition coefficient (Wildman–Crippen LogP) is 3.01. The predicted molar refractivity (Wildman–Crippen MR) is 70.5 cm³/mol. The fraction of sp³-hybridized carbons (Fsp3) is 0.357. The molecule has 3 nitrogen and oxygen atoms in total. The van der Waals surface area contributed by atoms with E-state index in [9.17, 15) is 9.18 Å². The van der Waals surface area contributed by atoms with E-state index in [0.29, 0.717) is 18.4 Å². The molecule has 0 heterocycles. The van der Waals surface area contributed by atoms with E-state index in [2.05, 4.69) is 0 Å². The lowest BCUT2D eigenvalue weighted by atomic mass is 10.0. The van der Waals surface area contributed by atoms with Crippen LogP contribution in [0.1, 0.15) is 18.9 Å². The molecule has 0 aliphatic carbocycles. The number of nitrogens with zero attached hydrogens (tertiary/aromatic N) is 1. The van der Waals surface area contributed by atoms with E-state index in [1.165, 1.54) is 0 Å². The smallest absolute Gasteiger partial charge is 0.364 e. The average molecular weight is 251 g/mol. The molecule has 0 aliphatic heterocycles. The van der Waals surface area contributed by atoms with Crippen LogP contribution in [0.15, 0.2) is 35.7 Å². The summed E-state index contributed by atoms with van der Waals surface area (Å²) in [5.74, 6) is -2.52. The molecule has 0 saturated carbocycles. The van der Waals surface area contributed by atoms with Crippen molar-refractivity contribution in [2.75, 3.05) is 19.0 Å². The number of aliphatic carboxylic acids is 1. The number of halogens is 1. The van der Waals surface area contributed by atoms with Gasteiger partial charge in [-0.1, -0.05) is 19.1 Å². The van der Waals surface area contributed by atoms with Gasteiger partial charge in [0.05, 0.1) is 0 Å². The monoisotopic (exact) mass is 251 g/mol. The zero-order chi connectivity index (χ0) is 13.7. The molecule has 0 spiro atoms. The van der Waals surface area contributed by atoms with Gasteiger partial charge in [-0.25, -0.2) is 4.79 Å². The summed E-state index contributed by atoms with van der Waals surface area (Å²) >= 11 is 0. The first-order chi connectivity index (χ1) is 8.45. The van der Waals surface area contributed by atoms with Crippen molar-refractivity contribution in [3.05, 3.63) is 41.2 Å². The fourth-order valence-electron chi connectivity index (χ4n) is 1.70. The first kappa shape index (κ1) is 14.2. The minimum absolute atomic E-state index is 0.318. The van der Waals surface area contributed by atoms with Crippen LogP contribution in [0.25, 0.3) is 0 Å². The summed E-state index contributed by atoms with van der Waals surface area (Å²) in [7, 11) is 3.85. The van der Waals surface area contributed by atoms with Gasteiger partial charge in [-0.15, -0.1) is 0 Å². The molecule has 18 heavy (non-hydrogen) atoms. The Morgan fingerprint density at radius 2 is 2.06 bits per heavy atom. The van der Waals surface area contributed by atoms with Crippen LogP contribution < -0.4 is 4.90 Å². The van der Waals surface area contributed by atoms with Crippen molar-refractivity contribution < 1.29 is 14.3 Å². The number of anilines is 1. The van der Waals surface area contributed by atoms with Gasteiger partial charge in [-0.05, 0) is 36.1 Å². The third-order valence-corrected chi connectivity index (χ3v) is 2.77. The summed E-state index contributed by atoms with van der Waals surface area (Å²) in [6.07, 6.45) is 0.723. The summed E-state index contributed by atoms with van der Waals surface area (Å²) in [4.78, 5) is 12.6. The van der Waals surface area contributed by atoms with Crippen LogP contribution in [0.3, 0.4) is 0 Å². The maximum Gasteiger partial charge on any atom is 0.364 e. The Bertz CT molecular complexity index is 467. The maximum absolute atomic E-state index is 13.4. The van der Waals surface area contributed by atoms with Gasteiger partial charge in [0.25, 0.3) is 0 Å². The maximum atomic E-state index is 13.4. The van der Waals surface area contributed by atoms with Gasteiger partial charge in [0.2, 0.25) is 5.83 Å². The number of carboxylic acids is 1. The summed E-state index contributed by atoms with van der Waals surface area (Å²) in [5, 5.41) is 8.66. The Morgan fingerprint density at radius 3 is 2.56 bits per heavy atom. The van der Waals surface area contributed by atoms with Gasteiger partial charge in [-0.3, -0.25) is 0 Å². The molecule has 0 bridgehead atoms. The molecule has 4 heteroatoms. The molecular formula is C14H18FNO2. The molecule has 0 aromatic heterocycles. The SMILES string of the molecule is CCC(Cc1cccc(N(C)C)c1)=C(F)C(=O)O. The van der Waals surface area contributed by atoms with Crippen LogP contribution >= 0.6 is 0 Å². The van der Waals surface area contributed by atoms with E-state index in [1.807, 2.05) is 43.3 Å². The number of carboxylic acid groups (broad SMARTS) is 1. The number of benzene rings is 1. The van der Waals surface area contributed by atoms with Crippen molar-refractivity contribution in [3.63, 3.8) is 0 Å². The normalized spacial score (nSPS) is 12.0. The lowest BCUT2D eigenvalue weighted by Crippen LogP contribution is -2.09. The van der Waals surface area contributed by atoms with Crippen LogP contribution in [0.4, 0.5) is 10.1 Å². The van der Waals surface area contributed by atoms with Crippen molar-refractivity contribution in [2.45, 2.75) is 19.8 Å². The standard InChI is InChI=1S/C14H18FNO2/c1-4-11(13(15)14(17)18)8-10-6-5-7-12(9-10)16(2)3/h5-7,9H,4,8H2,1-3H3,(H,17,18). The van der Waals surface area contributed by atoms with Gasteiger partial charge in [0.15, 0.2) is 0 Å². The van der Waals surface area contributed by atoms with E-state index >= 15 is 0 Å². The van der Waals surface area contributed by atoms with E-state index < -0.39 is 11.8 Å². The van der Waals surface area contributed by atoms with E-state index in [4.69, 9.17) is 5.11 Å². The Labute approximate surface area is 107 Å². The molecule has 1 N–H and O–H groups in total. The lowest BCUT2D eigenvalue weighted by Gasteiger charge is -2.14. The van der Waals surface area contributed by atoms with E-state index in [0.717, 1.165) is 11.3 Å². The topological polar surface area (TPSA) is 40.5 Å². The van der Waals surface area contributed by atoms with Crippen molar-refractivity contribution in [1.29, 1.82) is 0 Å². The minimum atomic E-state index is -1.49. The Kier molecular flexibility index (Phi) is 4.89. The van der Waals surface area contributed by atoms with Crippen molar-refractivity contribution in [3.8, 4) is 0 Å². The van der Waals surface area contributed by atoms with Crippen LogP contribution in [0.2, 0.25) is 0 Å². The average Bonchev–Trinajstić information content (AvgIpc) is 2.35. The summed E-state index contributed by atoms with van der Waals surface area (Å²) in [6, 6.07) is 7.64. The molecule has 0 saturated heterocycles. The van der Waals surface area contributed by atoms with Crippen molar-refractivity contribution in [2.24, 2.45) is 0 Å². The highest BCUT2D eigenvalue weighted by Crippen LogP contribution is 2.20. The summed E-state index contributed by atoms with van der Waals surface area (Å²) < 4.78 is 13.4. The number of hydrogen-bond acceptors (Lipinski definition) is 2. The van der Waals surface area contributed by atoms with Crippen molar-refractivity contribution >= 4 is 11.7 Å². The molecule has 0 amide bonds. The minimum Gasteiger partial charge on any atom is -0.476 e. The molecule has 1 rings (SSSR count). The summed E-state index contributed by atoms with van der Waals surface area (Å²) in [6.45, 7) is 1.76. The Balaban J connectivity index is 2.99.